The molecule has 2 aliphatic rings. The highest BCUT2D eigenvalue weighted by Gasteiger charge is 2.52. The van der Waals surface area contributed by atoms with Crippen LogP contribution >= 0.6 is 11.6 Å². The van der Waals surface area contributed by atoms with Gasteiger partial charge in [0.25, 0.3) is 5.91 Å². The van der Waals surface area contributed by atoms with Crippen molar-refractivity contribution in [3.63, 3.8) is 0 Å². The van der Waals surface area contributed by atoms with E-state index in [2.05, 4.69) is 0 Å². The number of nitrogens with zero attached hydrogens (tertiary/aromatic N) is 2. The molecule has 1 aliphatic heterocycles. The highest BCUT2D eigenvalue weighted by Crippen LogP contribution is 2.36. The Hall–Kier alpha value is -1.86. The number of anilines is 1. The van der Waals surface area contributed by atoms with Gasteiger partial charge in [-0.3, -0.25) is 9.69 Å². The summed E-state index contributed by atoms with van der Waals surface area (Å²) in [5, 5.41) is 0.498. The van der Waals surface area contributed by atoms with Crippen molar-refractivity contribution in [2.24, 2.45) is 0 Å². The molecule has 0 spiro atoms. The minimum atomic E-state index is -1.48. The summed E-state index contributed by atoms with van der Waals surface area (Å²) in [5.41, 5.74) is -0.133. The second kappa shape index (κ2) is 7.87. The molecule has 3 atom stereocenters. The Kier molecular flexibility index (Phi) is 5.87. The predicted octanol–water partition coefficient (Wildman–Crippen LogP) is 3.81. The minimum absolute atomic E-state index is 0.00243. The van der Waals surface area contributed by atoms with E-state index in [0.29, 0.717) is 10.7 Å². The van der Waals surface area contributed by atoms with Crippen molar-refractivity contribution >= 4 is 29.3 Å². The number of ether oxygens (including phenoxy) is 2. The summed E-state index contributed by atoms with van der Waals surface area (Å²) in [6, 6.07) is 5.85. The lowest BCUT2D eigenvalue weighted by Gasteiger charge is -2.33. The molecule has 3 unspecified atom stereocenters. The van der Waals surface area contributed by atoms with Crippen LogP contribution in [0.15, 0.2) is 24.3 Å². The molecule has 8 heteroatoms. The zero-order valence-corrected chi connectivity index (χ0v) is 17.3. The van der Waals surface area contributed by atoms with Crippen LogP contribution in [0.5, 0.6) is 0 Å². The average molecular weight is 413 g/mol. The molecule has 0 radical (unpaired) electrons. The highest BCUT2D eigenvalue weighted by atomic mass is 35.5. The van der Waals surface area contributed by atoms with Crippen molar-refractivity contribution in [2.45, 2.75) is 63.6 Å². The van der Waals surface area contributed by atoms with Gasteiger partial charge in [-0.1, -0.05) is 17.7 Å². The first kappa shape index (κ1) is 20.9. The number of halogens is 2. The third-order valence-corrected chi connectivity index (χ3v) is 5.00. The third-order valence-electron chi connectivity index (χ3n) is 4.76. The van der Waals surface area contributed by atoms with Gasteiger partial charge >= 0.3 is 6.09 Å². The van der Waals surface area contributed by atoms with Gasteiger partial charge in [-0.05, 0) is 51.8 Å². The van der Waals surface area contributed by atoms with E-state index < -0.39 is 30.0 Å². The molecule has 2 fully saturated rings. The number of carbonyl (C=O) groups is 2. The average Bonchev–Trinajstić information content (AvgIpc) is 3.35. The Morgan fingerprint density at radius 2 is 1.96 bits per heavy atom. The second-order valence-electron chi connectivity index (χ2n) is 8.21. The van der Waals surface area contributed by atoms with Crippen molar-refractivity contribution in [3.05, 3.63) is 29.3 Å². The standard InChI is InChI=1S/C20H26ClFN2O4/c1-20(2,3)28-19(26)23-11-15(22)17(27-4)16(23)18(25)24(13-8-9-13)14-7-5-6-12(21)10-14/h5-7,10,13,15-17H,8-9,11H2,1-4H3. The van der Waals surface area contributed by atoms with Crippen molar-refractivity contribution in [2.75, 3.05) is 18.6 Å². The van der Waals surface area contributed by atoms with Gasteiger partial charge in [0.2, 0.25) is 0 Å². The van der Waals surface area contributed by atoms with E-state index in [4.69, 9.17) is 21.1 Å². The first-order valence-electron chi connectivity index (χ1n) is 9.37. The molecule has 0 bridgehead atoms. The van der Waals surface area contributed by atoms with Gasteiger partial charge in [0.05, 0.1) is 6.54 Å². The smallest absolute Gasteiger partial charge is 0.411 e. The van der Waals surface area contributed by atoms with E-state index in [1.54, 1.807) is 49.9 Å². The quantitative estimate of drug-likeness (QED) is 0.754. The van der Waals surface area contributed by atoms with E-state index in [9.17, 15) is 14.0 Å². The third kappa shape index (κ3) is 4.41. The van der Waals surface area contributed by atoms with Crippen LogP contribution in [0.3, 0.4) is 0 Å². The Bertz CT molecular complexity index is 750. The molecule has 1 aliphatic carbocycles. The predicted molar refractivity (Wildman–Crippen MR) is 104 cm³/mol. The number of benzene rings is 1. The normalized spacial score (nSPS) is 24.9. The molecule has 1 saturated heterocycles. The molecule has 1 aromatic rings. The molecule has 28 heavy (non-hydrogen) atoms. The number of hydrogen-bond donors (Lipinski definition) is 0. The molecule has 0 N–H and O–H groups in total. The number of methoxy groups -OCH3 is 1. The molecule has 0 aromatic heterocycles. The number of alkyl halides is 1. The Morgan fingerprint density at radius 3 is 2.50 bits per heavy atom. The largest absolute Gasteiger partial charge is 0.444 e. The van der Waals surface area contributed by atoms with Crippen LogP contribution in [0.1, 0.15) is 33.6 Å². The lowest BCUT2D eigenvalue weighted by molar-refractivity contribution is -0.126. The van der Waals surface area contributed by atoms with Crippen LogP contribution in [0, 0.1) is 0 Å². The second-order valence-corrected chi connectivity index (χ2v) is 8.65. The first-order chi connectivity index (χ1) is 13.1. The number of hydrogen-bond acceptors (Lipinski definition) is 4. The van der Waals surface area contributed by atoms with Gasteiger partial charge in [0.1, 0.15) is 23.9 Å². The molecule has 154 valence electrons. The molecule has 1 heterocycles. The van der Waals surface area contributed by atoms with Crippen LogP contribution in [0.4, 0.5) is 14.9 Å². The topological polar surface area (TPSA) is 59.1 Å². The fraction of sp³-hybridized carbons (Fsp3) is 0.600. The van der Waals surface area contributed by atoms with Gasteiger partial charge < -0.3 is 14.4 Å². The van der Waals surface area contributed by atoms with Crippen LogP contribution in [0.25, 0.3) is 0 Å². The summed E-state index contributed by atoms with van der Waals surface area (Å²) in [5.74, 6) is -0.386. The summed E-state index contributed by atoms with van der Waals surface area (Å²) in [4.78, 5) is 28.9. The van der Waals surface area contributed by atoms with Crippen molar-refractivity contribution in [3.8, 4) is 0 Å². The number of likely N-dealkylation sites (tertiary alicyclic amines) is 1. The van der Waals surface area contributed by atoms with E-state index in [1.165, 1.54) is 7.11 Å². The number of rotatable bonds is 4. The molecule has 1 aromatic carbocycles. The van der Waals surface area contributed by atoms with Crippen LogP contribution in [0.2, 0.25) is 5.02 Å². The highest BCUT2D eigenvalue weighted by molar-refractivity contribution is 6.31. The number of carbonyl (C=O) groups excluding carboxylic acids is 2. The zero-order valence-electron chi connectivity index (χ0n) is 16.5. The van der Waals surface area contributed by atoms with Gasteiger partial charge in [-0.2, -0.15) is 0 Å². The lowest BCUT2D eigenvalue weighted by atomic mass is 10.1. The molecular weight excluding hydrogens is 387 g/mol. The van der Waals surface area contributed by atoms with Crippen LogP contribution in [-0.4, -0.2) is 60.5 Å². The van der Waals surface area contributed by atoms with E-state index in [1.807, 2.05) is 0 Å². The molecule has 3 rings (SSSR count). The molecular formula is C20H26ClFN2O4. The Balaban J connectivity index is 1.93. The molecule has 6 nitrogen and oxygen atoms in total. The summed E-state index contributed by atoms with van der Waals surface area (Å²) in [6.45, 7) is 4.92. The summed E-state index contributed by atoms with van der Waals surface area (Å²) >= 11 is 6.10. The maximum atomic E-state index is 14.6. The molecule has 2 amide bonds. The van der Waals surface area contributed by atoms with Gasteiger partial charge in [-0.25, -0.2) is 9.18 Å². The van der Waals surface area contributed by atoms with Gasteiger partial charge in [-0.15, -0.1) is 0 Å². The number of amides is 2. The Morgan fingerprint density at radius 1 is 1.29 bits per heavy atom. The van der Waals surface area contributed by atoms with Crippen LogP contribution in [-0.2, 0) is 14.3 Å². The fourth-order valence-corrected chi connectivity index (χ4v) is 3.64. The van der Waals surface area contributed by atoms with Crippen molar-refractivity contribution in [1.29, 1.82) is 0 Å². The first-order valence-corrected chi connectivity index (χ1v) is 9.75. The lowest BCUT2D eigenvalue weighted by Crippen LogP contribution is -2.54. The summed E-state index contributed by atoms with van der Waals surface area (Å²) in [6.07, 6.45) is -1.58. The summed E-state index contributed by atoms with van der Waals surface area (Å²) in [7, 11) is 1.34. The van der Waals surface area contributed by atoms with E-state index in [-0.39, 0.29) is 18.5 Å². The van der Waals surface area contributed by atoms with Crippen molar-refractivity contribution in [1.82, 2.24) is 4.90 Å². The Labute approximate surface area is 169 Å². The minimum Gasteiger partial charge on any atom is -0.444 e. The summed E-state index contributed by atoms with van der Waals surface area (Å²) < 4.78 is 25.3. The maximum absolute atomic E-state index is 14.6. The zero-order chi connectivity index (χ0) is 20.6. The van der Waals surface area contributed by atoms with Gasteiger partial charge in [0.15, 0.2) is 0 Å². The SMILES string of the molecule is COC1C(F)CN(C(=O)OC(C)(C)C)C1C(=O)N(c1cccc(Cl)c1)C1CC1. The van der Waals surface area contributed by atoms with Crippen LogP contribution < -0.4 is 4.90 Å². The van der Waals surface area contributed by atoms with E-state index in [0.717, 1.165) is 17.7 Å². The maximum Gasteiger partial charge on any atom is 0.411 e. The fourth-order valence-electron chi connectivity index (χ4n) is 3.46. The van der Waals surface area contributed by atoms with E-state index >= 15 is 0 Å². The van der Waals surface area contributed by atoms with Crippen molar-refractivity contribution < 1.29 is 23.5 Å². The monoisotopic (exact) mass is 412 g/mol. The molecule has 1 saturated carbocycles. The van der Waals surface area contributed by atoms with Gasteiger partial charge in [0, 0.05) is 23.9 Å².